The summed E-state index contributed by atoms with van der Waals surface area (Å²) in [6, 6.07) is 6.67. The Balaban J connectivity index is 1.74. The second kappa shape index (κ2) is 5.97. The Labute approximate surface area is 126 Å². The fourth-order valence-corrected chi connectivity index (χ4v) is 4.96. The van der Waals surface area contributed by atoms with Crippen LogP contribution in [0.1, 0.15) is 43.4 Å². The molecule has 0 radical (unpaired) electrons. The second-order valence-corrected chi connectivity index (χ2v) is 8.23. The molecule has 1 aliphatic carbocycles. The average Bonchev–Trinajstić information content (AvgIpc) is 2.78. The number of hydrogen-bond acceptors (Lipinski definition) is 4. The van der Waals surface area contributed by atoms with Crippen LogP contribution in [-0.2, 0) is 16.3 Å². The van der Waals surface area contributed by atoms with Crippen molar-refractivity contribution in [1.82, 2.24) is 5.32 Å². The lowest BCUT2D eigenvalue weighted by atomic mass is 9.87. The van der Waals surface area contributed by atoms with Gasteiger partial charge in [0.2, 0.25) is 0 Å². The van der Waals surface area contributed by atoms with Gasteiger partial charge in [-0.15, -0.1) is 0 Å². The molecule has 1 aromatic rings. The number of sulfone groups is 1. The minimum absolute atomic E-state index is 0.157. The summed E-state index contributed by atoms with van der Waals surface area (Å²) in [5, 5.41) is 3.52. The minimum atomic E-state index is -2.88. The van der Waals surface area contributed by atoms with Crippen LogP contribution >= 0.6 is 0 Å². The van der Waals surface area contributed by atoms with Gasteiger partial charge >= 0.3 is 0 Å². The molecule has 3 rings (SSSR count). The molecule has 2 aliphatic rings. The summed E-state index contributed by atoms with van der Waals surface area (Å²) in [4.78, 5) is 0. The first-order valence-corrected chi connectivity index (χ1v) is 9.63. The van der Waals surface area contributed by atoms with Crippen molar-refractivity contribution >= 4 is 9.84 Å². The Kier molecular flexibility index (Phi) is 4.22. The van der Waals surface area contributed by atoms with Crippen LogP contribution in [0.3, 0.4) is 0 Å². The molecule has 5 heteroatoms. The van der Waals surface area contributed by atoms with Crippen LogP contribution in [-0.4, -0.2) is 32.6 Å². The van der Waals surface area contributed by atoms with Crippen molar-refractivity contribution in [2.75, 3.05) is 18.1 Å². The summed E-state index contributed by atoms with van der Waals surface area (Å²) in [5.74, 6) is 1.22. The van der Waals surface area contributed by atoms with E-state index in [1.807, 2.05) is 6.07 Å². The summed E-state index contributed by atoms with van der Waals surface area (Å²) < 4.78 is 28.9. The highest BCUT2D eigenvalue weighted by Crippen LogP contribution is 2.32. The van der Waals surface area contributed by atoms with E-state index in [4.69, 9.17) is 4.74 Å². The topological polar surface area (TPSA) is 55.4 Å². The van der Waals surface area contributed by atoms with Gasteiger partial charge in [0.15, 0.2) is 9.84 Å². The molecule has 1 aromatic carbocycles. The van der Waals surface area contributed by atoms with Crippen LogP contribution in [0.2, 0.25) is 0 Å². The number of nitrogens with one attached hydrogen (secondary N) is 1. The van der Waals surface area contributed by atoms with Crippen LogP contribution in [0.15, 0.2) is 18.2 Å². The Hall–Kier alpha value is -1.07. The second-order valence-electron chi connectivity index (χ2n) is 6.01. The lowest BCUT2D eigenvalue weighted by molar-refractivity contribution is 0.228. The zero-order chi connectivity index (χ0) is 14.9. The van der Waals surface area contributed by atoms with Gasteiger partial charge in [-0.05, 0) is 55.5 Å². The molecule has 1 fully saturated rings. The molecule has 0 amide bonds. The van der Waals surface area contributed by atoms with E-state index in [1.165, 1.54) is 24.0 Å². The Morgan fingerprint density at radius 3 is 2.90 bits per heavy atom. The largest absolute Gasteiger partial charge is 0.489 e. The monoisotopic (exact) mass is 309 g/mol. The minimum Gasteiger partial charge on any atom is -0.489 e. The number of hydrogen-bond donors (Lipinski definition) is 1. The summed E-state index contributed by atoms with van der Waals surface area (Å²) >= 11 is 0. The van der Waals surface area contributed by atoms with Crippen LogP contribution in [0.4, 0.5) is 0 Å². The van der Waals surface area contributed by atoms with Gasteiger partial charge in [-0.25, -0.2) is 8.42 Å². The summed E-state index contributed by atoms with van der Waals surface area (Å²) in [6.07, 6.45) is 3.88. The van der Waals surface area contributed by atoms with Crippen LogP contribution in [0.25, 0.3) is 0 Å². The first-order chi connectivity index (χ1) is 10.1. The van der Waals surface area contributed by atoms with Crippen LogP contribution in [0, 0.1) is 0 Å². The molecule has 0 bridgehead atoms. The van der Waals surface area contributed by atoms with Gasteiger partial charge in [-0.3, -0.25) is 0 Å². The standard InChI is InChI=1S/C16H23NO3S/c1-2-17-16-5-3-4-12-10-13(6-7-15(12)16)20-14-8-9-21(18,19)11-14/h6-7,10,14,16-17H,2-5,8-9,11H2,1H3. The van der Waals surface area contributed by atoms with Crippen molar-refractivity contribution in [3.05, 3.63) is 29.3 Å². The Morgan fingerprint density at radius 2 is 2.19 bits per heavy atom. The predicted molar refractivity (Wildman–Crippen MR) is 83.5 cm³/mol. The molecule has 0 aromatic heterocycles. The van der Waals surface area contributed by atoms with Gasteiger partial charge in [0.1, 0.15) is 11.9 Å². The molecule has 2 unspecified atom stereocenters. The Morgan fingerprint density at radius 1 is 1.33 bits per heavy atom. The average molecular weight is 309 g/mol. The van der Waals surface area contributed by atoms with Gasteiger partial charge in [-0.2, -0.15) is 0 Å². The summed E-state index contributed by atoms with van der Waals surface area (Å²) in [7, 11) is -2.88. The Bertz CT molecular complexity index is 612. The maximum Gasteiger partial charge on any atom is 0.154 e. The quantitative estimate of drug-likeness (QED) is 0.927. The molecule has 1 N–H and O–H groups in total. The van der Waals surface area contributed by atoms with E-state index in [1.54, 1.807) is 0 Å². The first-order valence-electron chi connectivity index (χ1n) is 7.80. The molecular formula is C16H23NO3S. The maximum atomic E-state index is 11.5. The van der Waals surface area contributed by atoms with E-state index in [2.05, 4.69) is 24.4 Å². The van der Waals surface area contributed by atoms with Gasteiger partial charge < -0.3 is 10.1 Å². The van der Waals surface area contributed by atoms with Crippen molar-refractivity contribution in [2.24, 2.45) is 0 Å². The third-order valence-electron chi connectivity index (χ3n) is 4.37. The SMILES string of the molecule is CCNC1CCCc2cc(OC3CCS(=O)(=O)C3)ccc21. The third-order valence-corrected chi connectivity index (χ3v) is 6.11. The smallest absolute Gasteiger partial charge is 0.154 e. The predicted octanol–water partition coefficient (Wildman–Crippen LogP) is 2.24. The van der Waals surface area contributed by atoms with Crippen molar-refractivity contribution in [3.63, 3.8) is 0 Å². The number of benzene rings is 1. The summed E-state index contributed by atoms with van der Waals surface area (Å²) in [6.45, 7) is 3.11. The maximum absolute atomic E-state index is 11.5. The van der Waals surface area contributed by atoms with E-state index in [0.717, 1.165) is 18.7 Å². The fraction of sp³-hybridized carbons (Fsp3) is 0.625. The van der Waals surface area contributed by atoms with Gasteiger partial charge in [-0.1, -0.05) is 13.0 Å². The number of aryl methyl sites for hydroxylation is 1. The number of rotatable bonds is 4. The van der Waals surface area contributed by atoms with E-state index in [0.29, 0.717) is 12.5 Å². The molecule has 21 heavy (non-hydrogen) atoms. The van der Waals surface area contributed by atoms with Crippen LogP contribution in [0.5, 0.6) is 5.75 Å². The summed E-state index contributed by atoms with van der Waals surface area (Å²) in [5.41, 5.74) is 2.71. The van der Waals surface area contributed by atoms with E-state index in [-0.39, 0.29) is 17.6 Å². The first kappa shape index (κ1) is 14.9. The highest BCUT2D eigenvalue weighted by molar-refractivity contribution is 7.91. The third kappa shape index (κ3) is 3.40. The van der Waals surface area contributed by atoms with Gasteiger partial charge in [0.25, 0.3) is 0 Å². The zero-order valence-electron chi connectivity index (χ0n) is 12.5. The molecule has 1 heterocycles. The zero-order valence-corrected chi connectivity index (χ0v) is 13.3. The lowest BCUT2D eigenvalue weighted by Gasteiger charge is -2.27. The molecule has 116 valence electrons. The van der Waals surface area contributed by atoms with Crippen molar-refractivity contribution < 1.29 is 13.2 Å². The molecular weight excluding hydrogens is 286 g/mol. The van der Waals surface area contributed by atoms with E-state index in [9.17, 15) is 8.42 Å². The normalized spacial score (nSPS) is 27.3. The highest BCUT2D eigenvalue weighted by atomic mass is 32.2. The van der Waals surface area contributed by atoms with E-state index >= 15 is 0 Å². The highest BCUT2D eigenvalue weighted by Gasteiger charge is 2.29. The number of fused-ring (bicyclic) bond motifs is 1. The van der Waals surface area contributed by atoms with Crippen molar-refractivity contribution in [1.29, 1.82) is 0 Å². The molecule has 1 saturated heterocycles. The molecule has 1 aliphatic heterocycles. The molecule has 0 saturated carbocycles. The van der Waals surface area contributed by atoms with Gasteiger partial charge in [0, 0.05) is 6.04 Å². The molecule has 2 atom stereocenters. The lowest BCUT2D eigenvalue weighted by Crippen LogP contribution is -2.25. The van der Waals surface area contributed by atoms with Crippen molar-refractivity contribution in [3.8, 4) is 5.75 Å². The fourth-order valence-electron chi connectivity index (χ4n) is 3.37. The van der Waals surface area contributed by atoms with Crippen LogP contribution < -0.4 is 10.1 Å². The molecule has 0 spiro atoms. The van der Waals surface area contributed by atoms with Gasteiger partial charge in [0.05, 0.1) is 11.5 Å². The van der Waals surface area contributed by atoms with E-state index < -0.39 is 9.84 Å². The molecule has 4 nitrogen and oxygen atoms in total. The van der Waals surface area contributed by atoms with Crippen molar-refractivity contribution in [2.45, 2.75) is 44.8 Å². The number of ether oxygens (including phenoxy) is 1.